The quantitative estimate of drug-likeness (QED) is 0.0295. The fourth-order valence-electron chi connectivity index (χ4n) is 7.80. The van der Waals surface area contributed by atoms with Gasteiger partial charge in [0.05, 0.1) is 25.2 Å². The number of phenolic OH excluding ortho intramolecular Hbond substituents is 2. The van der Waals surface area contributed by atoms with Crippen LogP contribution in [0.4, 0.5) is 0 Å². The highest BCUT2D eigenvalue weighted by Crippen LogP contribution is 2.14. The van der Waals surface area contributed by atoms with E-state index in [1.807, 2.05) is 12.1 Å². The van der Waals surface area contributed by atoms with Crippen molar-refractivity contribution in [2.45, 2.75) is 114 Å². The first-order valence-corrected chi connectivity index (χ1v) is 24.9. The molecule has 0 unspecified atom stereocenters. The zero-order chi connectivity index (χ0) is 53.8. The third kappa shape index (κ3) is 22.3. The maximum atomic E-state index is 13.5. The maximum absolute atomic E-state index is 13.5. The molecule has 0 heterocycles. The van der Waals surface area contributed by atoms with E-state index in [0.717, 1.165) is 60.8 Å². The summed E-state index contributed by atoms with van der Waals surface area (Å²) in [6.45, 7) is 3.13. The molecule has 0 aromatic heterocycles. The van der Waals surface area contributed by atoms with E-state index in [-0.39, 0.29) is 37.2 Å². The smallest absolute Gasteiger partial charge is 0.242 e. The highest BCUT2D eigenvalue weighted by atomic mass is 16.3. The fourth-order valence-corrected chi connectivity index (χ4v) is 7.80. The molecule has 0 aliphatic rings. The number of carbonyl (C=O) groups is 8. The molecule has 4 aromatic carbocycles. The molecule has 0 aliphatic carbocycles. The van der Waals surface area contributed by atoms with E-state index in [9.17, 15) is 48.6 Å². The lowest BCUT2D eigenvalue weighted by Gasteiger charge is -2.22. The van der Waals surface area contributed by atoms with Gasteiger partial charge in [-0.3, -0.25) is 38.4 Å². The lowest BCUT2D eigenvalue weighted by atomic mass is 10.0. The van der Waals surface area contributed by atoms with Crippen LogP contribution in [-0.2, 0) is 64.0 Å². The third-order valence-corrected chi connectivity index (χ3v) is 12.0. The number of nitrogens with one attached hydrogen (secondary N) is 8. The summed E-state index contributed by atoms with van der Waals surface area (Å²) in [6.07, 6.45) is 5.98. The summed E-state index contributed by atoms with van der Waals surface area (Å²) in [4.78, 5) is 102. The van der Waals surface area contributed by atoms with E-state index in [0.29, 0.717) is 13.1 Å². The number of hydrogen-bond donors (Lipinski definition) is 12. The first-order chi connectivity index (χ1) is 35.5. The van der Waals surface area contributed by atoms with E-state index in [2.05, 4.69) is 42.5 Å². The third-order valence-electron chi connectivity index (χ3n) is 12.0. The van der Waals surface area contributed by atoms with Gasteiger partial charge in [-0.25, -0.2) is 0 Å². The van der Waals surface area contributed by atoms with Crippen LogP contribution in [0.3, 0.4) is 0 Å². The SMILES string of the molecule is C[C@@H](NC(=O)[C@H](Cc1ccc(O)cc1)NCCCCCCCCN[C@@H](Cc1ccc(O)cc1)C(=O)N[C@H](C)C(=O)NCC(=O)N[C@@H](Cc1ccccc1)C(N)=O)C(=O)NCC(=O)N[C@@H](Cc1ccccc1)C(N)=O. The van der Waals surface area contributed by atoms with Crippen LogP contribution < -0.4 is 54.0 Å². The molecule has 0 spiro atoms. The molecule has 14 N–H and O–H groups in total. The minimum Gasteiger partial charge on any atom is -0.508 e. The number of hydrogen-bond acceptors (Lipinski definition) is 12. The largest absolute Gasteiger partial charge is 0.508 e. The van der Waals surface area contributed by atoms with Gasteiger partial charge in [-0.1, -0.05) is 111 Å². The molecule has 0 aliphatic heterocycles. The topological polar surface area (TPSA) is 325 Å². The van der Waals surface area contributed by atoms with Crippen molar-refractivity contribution in [3.05, 3.63) is 131 Å². The Morgan fingerprint density at radius 1 is 0.405 bits per heavy atom. The van der Waals surface area contributed by atoms with Crippen LogP contribution in [0.15, 0.2) is 109 Å². The normalized spacial score (nSPS) is 13.4. The average Bonchev–Trinajstić information content (AvgIpc) is 3.38. The number of nitrogens with two attached hydrogens (primary N) is 2. The Labute approximate surface area is 432 Å². The Morgan fingerprint density at radius 2 is 0.716 bits per heavy atom. The summed E-state index contributed by atoms with van der Waals surface area (Å²) in [5.74, 6) is -4.57. The van der Waals surface area contributed by atoms with Crippen LogP contribution in [0.1, 0.15) is 74.6 Å². The molecule has 0 saturated heterocycles. The molecule has 20 nitrogen and oxygen atoms in total. The summed E-state index contributed by atoms with van der Waals surface area (Å²) in [6, 6.07) is 25.6. The van der Waals surface area contributed by atoms with E-state index in [1.54, 1.807) is 72.8 Å². The Balaban J connectivity index is 1.18. The van der Waals surface area contributed by atoms with Crippen LogP contribution in [0.25, 0.3) is 0 Å². The van der Waals surface area contributed by atoms with E-state index < -0.39 is 96.6 Å². The van der Waals surface area contributed by atoms with Crippen molar-refractivity contribution in [3.8, 4) is 11.5 Å². The monoisotopic (exact) mass is 1020 g/mol. The molecule has 4 aromatic rings. The summed E-state index contributed by atoms with van der Waals surface area (Å²) < 4.78 is 0. The van der Waals surface area contributed by atoms with Crippen LogP contribution in [0.5, 0.6) is 11.5 Å². The fraction of sp³-hybridized carbons (Fsp3) is 0.407. The molecule has 0 bridgehead atoms. The van der Waals surface area contributed by atoms with Crippen molar-refractivity contribution in [2.75, 3.05) is 26.2 Å². The molecule has 4 rings (SSSR count). The number of amides is 8. The summed E-state index contributed by atoms with van der Waals surface area (Å²) in [7, 11) is 0. The summed E-state index contributed by atoms with van der Waals surface area (Å²) >= 11 is 0. The molecule has 20 heteroatoms. The van der Waals surface area contributed by atoms with Crippen LogP contribution in [0, 0.1) is 0 Å². The Bertz CT molecular complexity index is 2260. The van der Waals surface area contributed by atoms with Crippen LogP contribution in [-0.4, -0.2) is 120 Å². The Morgan fingerprint density at radius 3 is 1.05 bits per heavy atom. The van der Waals surface area contributed by atoms with Crippen molar-refractivity contribution in [1.82, 2.24) is 42.5 Å². The molecule has 6 atom stereocenters. The van der Waals surface area contributed by atoms with Gasteiger partial charge >= 0.3 is 0 Å². The zero-order valence-corrected chi connectivity index (χ0v) is 42.1. The van der Waals surface area contributed by atoms with Gasteiger partial charge in [0.2, 0.25) is 47.3 Å². The number of phenols is 2. The minimum atomic E-state index is -0.999. The molecular formula is C54H72N10O10. The van der Waals surface area contributed by atoms with E-state index in [4.69, 9.17) is 11.5 Å². The predicted octanol–water partition coefficient (Wildman–Crippen LogP) is 0.807. The number of primary amides is 2. The maximum Gasteiger partial charge on any atom is 0.242 e. The second kappa shape index (κ2) is 31.6. The molecule has 74 heavy (non-hydrogen) atoms. The number of unbranched alkanes of at least 4 members (excludes halogenated alkanes) is 5. The average molecular weight is 1020 g/mol. The van der Waals surface area contributed by atoms with Gasteiger partial charge in [0.15, 0.2) is 0 Å². The second-order valence-corrected chi connectivity index (χ2v) is 18.2. The van der Waals surface area contributed by atoms with Crippen molar-refractivity contribution in [3.63, 3.8) is 0 Å². The molecule has 8 amide bonds. The predicted molar refractivity (Wildman–Crippen MR) is 279 cm³/mol. The van der Waals surface area contributed by atoms with Gasteiger partial charge in [0.1, 0.15) is 35.7 Å². The number of rotatable bonds is 33. The van der Waals surface area contributed by atoms with Crippen molar-refractivity contribution < 1.29 is 48.6 Å². The van der Waals surface area contributed by atoms with Gasteiger partial charge < -0.3 is 64.2 Å². The summed E-state index contributed by atoms with van der Waals surface area (Å²) in [5, 5.41) is 41.7. The van der Waals surface area contributed by atoms with Gasteiger partial charge in [-0.2, -0.15) is 0 Å². The lowest BCUT2D eigenvalue weighted by Crippen LogP contribution is -2.54. The molecule has 0 radical (unpaired) electrons. The number of benzene rings is 4. The minimum absolute atomic E-state index is 0.0838. The van der Waals surface area contributed by atoms with Crippen molar-refractivity contribution >= 4 is 47.3 Å². The molecule has 398 valence electrons. The second-order valence-electron chi connectivity index (χ2n) is 18.2. The van der Waals surface area contributed by atoms with Gasteiger partial charge in [-0.15, -0.1) is 0 Å². The first kappa shape index (κ1) is 58.7. The van der Waals surface area contributed by atoms with Crippen LogP contribution in [0.2, 0.25) is 0 Å². The Kier molecular flexibility index (Phi) is 25.1. The van der Waals surface area contributed by atoms with Crippen LogP contribution >= 0.6 is 0 Å². The number of aromatic hydroxyl groups is 2. The molecular weight excluding hydrogens is 949 g/mol. The van der Waals surface area contributed by atoms with Crippen molar-refractivity contribution in [2.24, 2.45) is 11.5 Å². The highest BCUT2D eigenvalue weighted by Gasteiger charge is 2.26. The Hall–Kier alpha value is -7.84. The van der Waals surface area contributed by atoms with Gasteiger partial charge in [0.25, 0.3) is 0 Å². The zero-order valence-electron chi connectivity index (χ0n) is 42.1. The van der Waals surface area contributed by atoms with Crippen molar-refractivity contribution in [1.29, 1.82) is 0 Å². The van der Waals surface area contributed by atoms with Gasteiger partial charge in [-0.05, 0) is 99.1 Å². The van der Waals surface area contributed by atoms with E-state index >= 15 is 0 Å². The number of carbonyl (C=O) groups excluding carboxylic acids is 8. The molecule has 0 saturated carbocycles. The molecule has 0 fully saturated rings. The summed E-state index contributed by atoms with van der Waals surface area (Å²) in [5.41, 5.74) is 14.2. The van der Waals surface area contributed by atoms with E-state index in [1.165, 1.54) is 38.1 Å². The lowest BCUT2D eigenvalue weighted by molar-refractivity contribution is -0.131. The first-order valence-electron chi connectivity index (χ1n) is 24.9. The standard InChI is InChI=1S/C54H72N10O10/c1-35(51(71)59-33-47(67)63-43(49(55)69)29-37-15-9-7-10-16-37)61-53(73)45(31-39-19-23-41(65)24-20-39)57-27-13-5-3-4-6-14-28-58-46(32-40-21-25-42(66)26-22-40)54(74)62-36(2)52(72)60-34-48(68)64-44(50(56)70)30-38-17-11-8-12-18-38/h7-12,15-26,35-36,43-46,57-58,65-66H,3-6,13-14,27-34H2,1-2H3,(H2,55,69)(H2,56,70)(H,59,71)(H,60,72)(H,61,73)(H,62,74)(H,63,67)(H,64,68)/t35-,36-,43+,44+,45+,46+/m1/s1. The van der Waals surface area contributed by atoms with Gasteiger partial charge in [0, 0.05) is 12.8 Å². The highest BCUT2D eigenvalue weighted by molar-refractivity contribution is 5.94.